The smallest absolute Gasteiger partial charge is 0.261 e. The molecule has 196 valence electrons. The van der Waals surface area contributed by atoms with E-state index in [1.165, 1.54) is 0 Å². The third-order valence-corrected chi connectivity index (χ3v) is 7.12. The number of nitrogens with zero attached hydrogens (tertiary/aromatic N) is 2. The summed E-state index contributed by atoms with van der Waals surface area (Å²) in [6.07, 6.45) is 0. The number of fused-ring (bicyclic) bond motifs is 1. The first-order valence-electron chi connectivity index (χ1n) is 13.2. The second-order valence-corrected chi connectivity index (χ2v) is 9.65. The highest BCUT2D eigenvalue weighted by atomic mass is 16.5. The van der Waals surface area contributed by atoms with Gasteiger partial charge in [-0.05, 0) is 54.4 Å². The fourth-order valence-electron chi connectivity index (χ4n) is 5.15. The Bertz CT molecular complexity index is 1470. The second kappa shape index (κ2) is 11.5. The summed E-state index contributed by atoms with van der Waals surface area (Å²) < 4.78 is 5.80. The number of amides is 1. The normalized spacial score (nSPS) is 14.8. The van der Waals surface area contributed by atoms with Crippen LogP contribution in [0.25, 0.3) is 10.8 Å². The zero-order chi connectivity index (χ0) is 26.5. The number of aromatic nitrogens is 1. The Morgan fingerprint density at radius 3 is 2.47 bits per heavy atom. The number of pyridine rings is 1. The van der Waals surface area contributed by atoms with Gasteiger partial charge in [-0.15, -0.1) is 0 Å². The summed E-state index contributed by atoms with van der Waals surface area (Å²) >= 11 is 0. The maximum absolute atomic E-state index is 13.0. The van der Waals surface area contributed by atoms with Gasteiger partial charge in [0.1, 0.15) is 11.3 Å². The lowest BCUT2D eigenvalue weighted by Gasteiger charge is -2.36. The Balaban J connectivity index is 1.20. The van der Waals surface area contributed by atoms with Gasteiger partial charge in [-0.1, -0.05) is 54.6 Å². The van der Waals surface area contributed by atoms with Crippen molar-refractivity contribution in [3.8, 4) is 5.75 Å². The van der Waals surface area contributed by atoms with Crippen LogP contribution < -0.4 is 20.5 Å². The van der Waals surface area contributed by atoms with Gasteiger partial charge >= 0.3 is 0 Å². The largest absolute Gasteiger partial charge is 0.492 e. The monoisotopic (exact) mass is 510 g/mol. The van der Waals surface area contributed by atoms with Gasteiger partial charge in [0.25, 0.3) is 11.5 Å². The van der Waals surface area contributed by atoms with E-state index in [4.69, 9.17) is 4.74 Å². The fraction of sp³-hybridized carbons (Fsp3) is 0.290. The van der Waals surface area contributed by atoms with E-state index in [0.29, 0.717) is 13.2 Å². The Hall–Kier alpha value is -4.10. The average molecular weight is 511 g/mol. The van der Waals surface area contributed by atoms with Gasteiger partial charge in [0, 0.05) is 38.4 Å². The van der Waals surface area contributed by atoms with Crippen molar-refractivity contribution >= 4 is 22.4 Å². The minimum Gasteiger partial charge on any atom is -0.492 e. The molecule has 2 N–H and O–H groups in total. The molecule has 7 nitrogen and oxygen atoms in total. The van der Waals surface area contributed by atoms with Crippen LogP contribution in [0.15, 0.2) is 83.7 Å². The molecule has 0 aliphatic carbocycles. The van der Waals surface area contributed by atoms with Crippen LogP contribution in [0, 0.1) is 0 Å². The number of ether oxygens (including phenoxy) is 1. The summed E-state index contributed by atoms with van der Waals surface area (Å²) in [5.74, 6) is 0.538. The Morgan fingerprint density at radius 1 is 0.947 bits per heavy atom. The van der Waals surface area contributed by atoms with Crippen molar-refractivity contribution in [1.29, 1.82) is 0 Å². The van der Waals surface area contributed by atoms with Gasteiger partial charge in [0.05, 0.1) is 18.3 Å². The van der Waals surface area contributed by atoms with Gasteiger partial charge in [0.15, 0.2) is 0 Å². The number of anilines is 1. The zero-order valence-corrected chi connectivity index (χ0v) is 21.9. The number of H-pyrrole nitrogens is 1. The van der Waals surface area contributed by atoms with E-state index >= 15 is 0 Å². The van der Waals surface area contributed by atoms with Gasteiger partial charge in [0.2, 0.25) is 0 Å². The van der Waals surface area contributed by atoms with Crippen molar-refractivity contribution in [2.75, 3.05) is 37.7 Å². The Labute approximate surface area is 223 Å². The van der Waals surface area contributed by atoms with Crippen LogP contribution in [0.3, 0.4) is 0 Å². The number of para-hydroxylation sites is 2. The molecule has 0 bridgehead atoms. The third kappa shape index (κ3) is 5.58. The quantitative estimate of drug-likeness (QED) is 0.358. The molecule has 7 heteroatoms. The number of hydrogen-bond donors (Lipinski definition) is 2. The Morgan fingerprint density at radius 2 is 1.68 bits per heavy atom. The van der Waals surface area contributed by atoms with E-state index in [-0.39, 0.29) is 23.1 Å². The SMILES string of the molecule is CCOc1ccccc1N1CCN(Cc2ccc(C(=O)NC(C)c3cccc4ccccc34)c(=O)[nH]2)CC1. The number of carbonyl (C=O) groups excluding carboxylic acids is 1. The molecule has 0 spiro atoms. The van der Waals surface area contributed by atoms with E-state index in [0.717, 1.165) is 59.6 Å². The van der Waals surface area contributed by atoms with Crippen LogP contribution in [0.1, 0.15) is 41.5 Å². The van der Waals surface area contributed by atoms with Crippen LogP contribution in [0.2, 0.25) is 0 Å². The summed E-state index contributed by atoms with van der Waals surface area (Å²) in [7, 11) is 0. The molecule has 38 heavy (non-hydrogen) atoms. The topological polar surface area (TPSA) is 77.7 Å². The van der Waals surface area contributed by atoms with Crippen LogP contribution >= 0.6 is 0 Å². The molecule has 0 saturated carbocycles. The standard InChI is InChI=1S/C31H34N4O3/c1-3-38-29-14-7-6-13-28(29)35-19-17-34(18-20-35)21-24-15-16-27(31(37)33-24)30(36)32-22(2)25-12-8-10-23-9-4-5-11-26(23)25/h4-16,22H,3,17-21H2,1-2H3,(H,32,36)(H,33,37). The van der Waals surface area contributed by atoms with Gasteiger partial charge in [-0.2, -0.15) is 0 Å². The molecule has 1 aromatic heterocycles. The first-order valence-corrected chi connectivity index (χ1v) is 13.2. The number of carbonyl (C=O) groups is 1. The summed E-state index contributed by atoms with van der Waals surface area (Å²) in [5.41, 5.74) is 2.70. The number of aromatic amines is 1. The average Bonchev–Trinajstić information content (AvgIpc) is 2.93. The molecule has 4 aromatic rings. The molecular formula is C31H34N4O3. The van der Waals surface area contributed by atoms with Crippen LogP contribution in [-0.4, -0.2) is 48.6 Å². The highest BCUT2D eigenvalue weighted by molar-refractivity contribution is 5.94. The predicted octanol–water partition coefficient (Wildman–Crippen LogP) is 4.74. The molecule has 2 heterocycles. The third-order valence-electron chi connectivity index (χ3n) is 7.12. The molecule has 1 saturated heterocycles. The summed E-state index contributed by atoms with van der Waals surface area (Å²) in [6.45, 7) is 8.69. The highest BCUT2D eigenvalue weighted by Crippen LogP contribution is 2.29. The van der Waals surface area contributed by atoms with E-state index in [2.05, 4.69) is 38.3 Å². The molecule has 0 radical (unpaired) electrons. The number of hydrogen-bond acceptors (Lipinski definition) is 5. The van der Waals surface area contributed by atoms with Gasteiger partial charge < -0.3 is 19.9 Å². The summed E-state index contributed by atoms with van der Waals surface area (Å²) in [4.78, 5) is 33.4. The van der Waals surface area contributed by atoms with Crippen molar-refractivity contribution in [3.63, 3.8) is 0 Å². The van der Waals surface area contributed by atoms with Crippen molar-refractivity contribution in [2.24, 2.45) is 0 Å². The fourth-order valence-corrected chi connectivity index (χ4v) is 5.15. The van der Waals surface area contributed by atoms with Gasteiger partial charge in [-0.3, -0.25) is 14.5 Å². The Kier molecular flexibility index (Phi) is 7.75. The summed E-state index contributed by atoms with van der Waals surface area (Å²) in [5, 5.41) is 5.20. The molecule has 1 fully saturated rings. The molecule has 1 aliphatic heterocycles. The molecule has 1 atom stereocenters. The summed E-state index contributed by atoms with van der Waals surface area (Å²) in [6, 6.07) is 25.5. The van der Waals surface area contributed by atoms with E-state index in [1.54, 1.807) is 6.07 Å². The first kappa shape index (κ1) is 25.5. The number of nitrogens with one attached hydrogen (secondary N) is 2. The number of benzene rings is 3. The maximum Gasteiger partial charge on any atom is 0.261 e. The number of rotatable bonds is 8. The predicted molar refractivity (Wildman–Crippen MR) is 152 cm³/mol. The van der Waals surface area contributed by atoms with Crippen LogP contribution in [0.5, 0.6) is 5.75 Å². The van der Waals surface area contributed by atoms with Crippen molar-refractivity contribution < 1.29 is 9.53 Å². The van der Waals surface area contributed by atoms with E-state index in [9.17, 15) is 9.59 Å². The minimum atomic E-state index is -0.375. The molecule has 5 rings (SSSR count). The second-order valence-electron chi connectivity index (χ2n) is 9.65. The maximum atomic E-state index is 13.0. The molecule has 1 aliphatic rings. The van der Waals surface area contributed by atoms with Crippen molar-refractivity contribution in [2.45, 2.75) is 26.4 Å². The first-order chi connectivity index (χ1) is 18.5. The van der Waals surface area contributed by atoms with E-state index < -0.39 is 0 Å². The minimum absolute atomic E-state index is 0.123. The molecular weight excluding hydrogens is 476 g/mol. The molecule has 3 aromatic carbocycles. The van der Waals surface area contributed by atoms with Crippen molar-refractivity contribution in [1.82, 2.24) is 15.2 Å². The molecule has 1 unspecified atom stereocenters. The van der Waals surface area contributed by atoms with Gasteiger partial charge in [-0.25, -0.2) is 0 Å². The lowest BCUT2D eigenvalue weighted by atomic mass is 9.99. The van der Waals surface area contributed by atoms with Crippen LogP contribution in [0.4, 0.5) is 5.69 Å². The molecule has 1 amide bonds. The number of piperazine rings is 1. The van der Waals surface area contributed by atoms with Crippen molar-refractivity contribution in [3.05, 3.63) is 106 Å². The lowest BCUT2D eigenvalue weighted by molar-refractivity contribution is 0.0938. The zero-order valence-electron chi connectivity index (χ0n) is 21.9. The lowest BCUT2D eigenvalue weighted by Crippen LogP contribution is -2.46. The highest BCUT2D eigenvalue weighted by Gasteiger charge is 2.21. The van der Waals surface area contributed by atoms with E-state index in [1.807, 2.05) is 68.4 Å². The van der Waals surface area contributed by atoms with Crippen LogP contribution in [-0.2, 0) is 6.54 Å².